The number of amides is 1. The molecular formula is C18H16F3N3O3S. The average molecular weight is 411 g/mol. The number of carbonyl (C=O) groups excluding carboxylic acids is 1. The molecule has 0 aliphatic rings. The summed E-state index contributed by atoms with van der Waals surface area (Å²) in [6.45, 7) is 0.365. The first-order valence-electron chi connectivity index (χ1n) is 8.33. The summed E-state index contributed by atoms with van der Waals surface area (Å²) in [6, 6.07) is 6.24. The molecule has 148 valence electrons. The molecule has 0 spiro atoms. The highest BCUT2D eigenvalue weighted by Crippen LogP contribution is 2.30. The van der Waals surface area contributed by atoms with Crippen LogP contribution in [0.3, 0.4) is 0 Å². The Labute approximate surface area is 162 Å². The lowest BCUT2D eigenvalue weighted by atomic mass is 10.2. The predicted molar refractivity (Wildman–Crippen MR) is 95.9 cm³/mol. The van der Waals surface area contributed by atoms with E-state index in [9.17, 15) is 18.0 Å². The summed E-state index contributed by atoms with van der Waals surface area (Å²) in [5, 5.41) is 14.3. The molecule has 0 radical (unpaired) electrons. The van der Waals surface area contributed by atoms with E-state index in [0.29, 0.717) is 24.0 Å². The van der Waals surface area contributed by atoms with Crippen molar-refractivity contribution >= 4 is 17.2 Å². The molecule has 6 nitrogen and oxygen atoms in total. The molecule has 0 unspecified atom stereocenters. The molecule has 3 rings (SSSR count). The van der Waals surface area contributed by atoms with Crippen molar-refractivity contribution < 1.29 is 27.1 Å². The van der Waals surface area contributed by atoms with Crippen LogP contribution in [0.15, 0.2) is 45.5 Å². The summed E-state index contributed by atoms with van der Waals surface area (Å²) < 4.78 is 48.2. The first-order valence-corrected chi connectivity index (χ1v) is 9.28. The highest BCUT2D eigenvalue weighted by molar-refractivity contribution is 7.08. The minimum atomic E-state index is -4.38. The molecule has 0 saturated carbocycles. The van der Waals surface area contributed by atoms with Gasteiger partial charge < -0.3 is 14.5 Å². The van der Waals surface area contributed by atoms with E-state index in [0.717, 1.165) is 17.7 Å². The zero-order valence-electron chi connectivity index (χ0n) is 14.5. The second-order valence-corrected chi connectivity index (χ2v) is 6.51. The van der Waals surface area contributed by atoms with Crippen molar-refractivity contribution in [3.8, 4) is 17.2 Å². The van der Waals surface area contributed by atoms with Gasteiger partial charge in [-0.2, -0.15) is 24.5 Å². The van der Waals surface area contributed by atoms with E-state index in [1.54, 1.807) is 0 Å². The van der Waals surface area contributed by atoms with E-state index in [1.807, 2.05) is 16.8 Å². The van der Waals surface area contributed by atoms with Gasteiger partial charge in [0.15, 0.2) is 0 Å². The van der Waals surface area contributed by atoms with E-state index < -0.39 is 11.7 Å². The third-order valence-corrected chi connectivity index (χ3v) is 4.36. The van der Waals surface area contributed by atoms with Gasteiger partial charge in [0, 0.05) is 23.8 Å². The maximum Gasteiger partial charge on any atom is 0.416 e. The summed E-state index contributed by atoms with van der Waals surface area (Å²) in [4.78, 5) is 11.8. The number of aryl methyl sites for hydroxylation is 1. The number of ether oxygens (including phenoxy) is 1. The van der Waals surface area contributed by atoms with Crippen molar-refractivity contribution in [1.82, 2.24) is 15.5 Å². The quantitative estimate of drug-likeness (QED) is 0.568. The van der Waals surface area contributed by atoms with Gasteiger partial charge in [0.05, 0.1) is 12.1 Å². The Hall–Kier alpha value is -2.88. The van der Waals surface area contributed by atoms with Crippen LogP contribution in [-0.2, 0) is 17.4 Å². The Bertz CT molecular complexity index is 893. The number of aromatic nitrogens is 2. The van der Waals surface area contributed by atoms with Gasteiger partial charge in [-0.1, -0.05) is 0 Å². The molecule has 0 bridgehead atoms. The lowest BCUT2D eigenvalue weighted by molar-refractivity contribution is -0.137. The summed E-state index contributed by atoms with van der Waals surface area (Å²) in [5.41, 5.74) is 0.102. The molecule has 1 aromatic carbocycles. The minimum Gasteiger partial charge on any atom is -0.492 e. The molecule has 28 heavy (non-hydrogen) atoms. The molecule has 3 aromatic rings. The Kier molecular flexibility index (Phi) is 6.30. The van der Waals surface area contributed by atoms with Gasteiger partial charge in [0.2, 0.25) is 17.7 Å². The number of nitrogens with zero attached hydrogens (tertiary/aromatic N) is 2. The maximum absolute atomic E-state index is 12.5. The van der Waals surface area contributed by atoms with Crippen molar-refractivity contribution in [2.75, 3.05) is 13.2 Å². The monoisotopic (exact) mass is 411 g/mol. The van der Waals surface area contributed by atoms with Crippen LogP contribution in [-0.4, -0.2) is 29.3 Å². The van der Waals surface area contributed by atoms with Crippen LogP contribution < -0.4 is 10.1 Å². The number of alkyl halides is 3. The third kappa shape index (κ3) is 5.56. The molecule has 2 heterocycles. The number of nitrogens with one attached hydrogen (secondary N) is 1. The van der Waals surface area contributed by atoms with E-state index in [4.69, 9.17) is 9.15 Å². The zero-order valence-corrected chi connectivity index (χ0v) is 15.3. The molecule has 0 aliphatic heterocycles. The van der Waals surface area contributed by atoms with Crippen molar-refractivity contribution in [3.05, 3.63) is 52.5 Å². The van der Waals surface area contributed by atoms with Gasteiger partial charge in [-0.05, 0) is 35.7 Å². The summed E-state index contributed by atoms with van der Waals surface area (Å²) >= 11 is 1.52. The second kappa shape index (κ2) is 8.87. The van der Waals surface area contributed by atoms with Gasteiger partial charge in [0.1, 0.15) is 12.4 Å². The van der Waals surface area contributed by atoms with Crippen molar-refractivity contribution in [2.24, 2.45) is 0 Å². The summed E-state index contributed by atoms with van der Waals surface area (Å²) in [7, 11) is 0. The van der Waals surface area contributed by atoms with Crippen LogP contribution in [0, 0.1) is 0 Å². The SMILES string of the molecule is O=C(CCc1nnc(-c2ccsc2)o1)NCCOc1ccc(C(F)(F)F)cc1. The maximum atomic E-state index is 12.5. The first-order chi connectivity index (χ1) is 13.4. The number of hydrogen-bond acceptors (Lipinski definition) is 6. The van der Waals surface area contributed by atoms with Crippen LogP contribution in [0.25, 0.3) is 11.5 Å². The molecule has 2 aromatic heterocycles. The normalized spacial score (nSPS) is 11.4. The first kappa shape index (κ1) is 19.9. The number of carbonyl (C=O) groups is 1. The molecule has 0 fully saturated rings. The average Bonchev–Trinajstić information content (AvgIpc) is 3.34. The zero-order chi connectivity index (χ0) is 20.0. The summed E-state index contributed by atoms with van der Waals surface area (Å²) in [6.07, 6.45) is -3.90. The van der Waals surface area contributed by atoms with E-state index >= 15 is 0 Å². The van der Waals surface area contributed by atoms with Crippen LogP contribution in [0.1, 0.15) is 17.9 Å². The standard InChI is InChI=1S/C18H16F3N3O3S/c19-18(20,21)13-1-3-14(4-2-13)26-9-8-22-15(25)5-6-16-23-24-17(27-16)12-7-10-28-11-12/h1-4,7,10-11H,5-6,8-9H2,(H,22,25). The second-order valence-electron chi connectivity index (χ2n) is 5.73. The van der Waals surface area contributed by atoms with Gasteiger partial charge in [0.25, 0.3) is 0 Å². The lowest BCUT2D eigenvalue weighted by Crippen LogP contribution is -2.28. The molecule has 10 heteroatoms. The van der Waals surface area contributed by atoms with Gasteiger partial charge in [-0.3, -0.25) is 4.79 Å². The number of benzene rings is 1. The minimum absolute atomic E-state index is 0.139. The van der Waals surface area contributed by atoms with Crippen LogP contribution in [0.5, 0.6) is 5.75 Å². The molecule has 1 N–H and O–H groups in total. The van der Waals surface area contributed by atoms with Crippen molar-refractivity contribution in [3.63, 3.8) is 0 Å². The number of rotatable bonds is 8. The van der Waals surface area contributed by atoms with Crippen molar-refractivity contribution in [1.29, 1.82) is 0 Å². The Morgan fingerprint density at radius 2 is 1.96 bits per heavy atom. The van der Waals surface area contributed by atoms with E-state index in [1.165, 1.54) is 23.5 Å². The highest BCUT2D eigenvalue weighted by atomic mass is 32.1. The molecule has 0 atom stereocenters. The summed E-state index contributed by atoms with van der Waals surface area (Å²) in [5.74, 6) is 0.874. The van der Waals surface area contributed by atoms with Crippen molar-refractivity contribution in [2.45, 2.75) is 19.0 Å². The Balaban J connectivity index is 1.35. The smallest absolute Gasteiger partial charge is 0.416 e. The number of hydrogen-bond donors (Lipinski definition) is 1. The predicted octanol–water partition coefficient (Wildman–Crippen LogP) is 3.94. The fraction of sp³-hybridized carbons (Fsp3) is 0.278. The molecule has 0 saturated heterocycles. The fourth-order valence-corrected chi connectivity index (χ4v) is 2.90. The largest absolute Gasteiger partial charge is 0.492 e. The highest BCUT2D eigenvalue weighted by Gasteiger charge is 2.30. The molecular weight excluding hydrogens is 395 g/mol. The van der Waals surface area contributed by atoms with Crippen LogP contribution in [0.2, 0.25) is 0 Å². The Morgan fingerprint density at radius 3 is 2.64 bits per heavy atom. The van der Waals surface area contributed by atoms with Gasteiger partial charge in [-0.15, -0.1) is 10.2 Å². The fourth-order valence-electron chi connectivity index (χ4n) is 2.27. The van der Waals surface area contributed by atoms with Crippen LogP contribution >= 0.6 is 11.3 Å². The third-order valence-electron chi connectivity index (χ3n) is 3.68. The van der Waals surface area contributed by atoms with Gasteiger partial charge in [-0.25, -0.2) is 0 Å². The number of thiophene rings is 1. The Morgan fingerprint density at radius 1 is 1.18 bits per heavy atom. The van der Waals surface area contributed by atoms with Crippen LogP contribution in [0.4, 0.5) is 13.2 Å². The topological polar surface area (TPSA) is 77.2 Å². The molecule has 1 amide bonds. The van der Waals surface area contributed by atoms with E-state index in [-0.39, 0.29) is 25.5 Å². The molecule has 0 aliphatic carbocycles. The van der Waals surface area contributed by atoms with Gasteiger partial charge >= 0.3 is 6.18 Å². The number of halogens is 3. The van der Waals surface area contributed by atoms with E-state index in [2.05, 4.69) is 15.5 Å². The lowest BCUT2D eigenvalue weighted by Gasteiger charge is -2.09.